The molecule has 0 aliphatic carbocycles. The zero-order chi connectivity index (χ0) is 12.1. The second kappa shape index (κ2) is 6.72. The van der Waals surface area contributed by atoms with Crippen LogP contribution in [0.25, 0.3) is 0 Å². The fourth-order valence-corrected chi connectivity index (χ4v) is 3.27. The molecule has 0 aromatic carbocycles. The largest absolute Gasteiger partial charge is 0.317 e. The van der Waals surface area contributed by atoms with Gasteiger partial charge in [-0.3, -0.25) is 0 Å². The summed E-state index contributed by atoms with van der Waals surface area (Å²) in [6.07, 6.45) is 6.89. The molecule has 17 heavy (non-hydrogen) atoms. The van der Waals surface area contributed by atoms with Crippen molar-refractivity contribution < 1.29 is 0 Å². The highest BCUT2D eigenvalue weighted by Crippen LogP contribution is 2.18. The van der Waals surface area contributed by atoms with Crippen LogP contribution in [-0.2, 0) is 0 Å². The lowest BCUT2D eigenvalue weighted by Crippen LogP contribution is -2.37. The van der Waals surface area contributed by atoms with E-state index in [1.807, 2.05) is 0 Å². The van der Waals surface area contributed by atoms with Crippen LogP contribution >= 0.6 is 0 Å². The van der Waals surface area contributed by atoms with E-state index in [1.54, 1.807) is 0 Å². The fourth-order valence-electron chi connectivity index (χ4n) is 3.27. The smallest absolute Gasteiger partial charge is 0.0102 e. The zero-order valence-corrected chi connectivity index (χ0v) is 11.6. The van der Waals surface area contributed by atoms with Gasteiger partial charge >= 0.3 is 0 Å². The van der Waals surface area contributed by atoms with Crippen molar-refractivity contribution in [3.63, 3.8) is 0 Å². The number of likely N-dealkylation sites (tertiary alicyclic amines) is 1. The van der Waals surface area contributed by atoms with E-state index in [0.29, 0.717) is 0 Å². The van der Waals surface area contributed by atoms with Crippen molar-refractivity contribution in [3.8, 4) is 0 Å². The Kier molecular flexibility index (Phi) is 5.26. The Morgan fingerprint density at radius 3 is 2.53 bits per heavy atom. The second-order valence-corrected chi connectivity index (χ2v) is 6.04. The molecule has 2 heterocycles. The van der Waals surface area contributed by atoms with Crippen LogP contribution in [0.15, 0.2) is 0 Å². The van der Waals surface area contributed by atoms with E-state index in [-0.39, 0.29) is 0 Å². The van der Waals surface area contributed by atoms with E-state index in [1.165, 1.54) is 64.8 Å². The van der Waals surface area contributed by atoms with Gasteiger partial charge in [0.15, 0.2) is 0 Å². The van der Waals surface area contributed by atoms with Gasteiger partial charge in [-0.15, -0.1) is 0 Å². The number of rotatable bonds is 3. The molecular weight excluding hydrogens is 210 g/mol. The van der Waals surface area contributed by atoms with Crippen molar-refractivity contribution in [2.45, 2.75) is 38.1 Å². The van der Waals surface area contributed by atoms with Crippen molar-refractivity contribution >= 4 is 0 Å². The zero-order valence-electron chi connectivity index (χ0n) is 11.6. The van der Waals surface area contributed by atoms with Gasteiger partial charge in [-0.05, 0) is 78.3 Å². The first-order valence-corrected chi connectivity index (χ1v) is 7.35. The predicted octanol–water partition coefficient (Wildman–Crippen LogP) is 1.40. The van der Waals surface area contributed by atoms with Crippen LogP contribution in [0.2, 0.25) is 0 Å². The summed E-state index contributed by atoms with van der Waals surface area (Å²) in [6, 6.07) is 0.813. The third-order valence-electron chi connectivity index (χ3n) is 4.50. The summed E-state index contributed by atoms with van der Waals surface area (Å²) in [5.41, 5.74) is 0. The summed E-state index contributed by atoms with van der Waals surface area (Å²) in [5, 5.41) is 3.46. The summed E-state index contributed by atoms with van der Waals surface area (Å²) < 4.78 is 0. The Morgan fingerprint density at radius 2 is 1.82 bits per heavy atom. The molecule has 0 spiro atoms. The highest BCUT2D eigenvalue weighted by atomic mass is 15.2. The number of piperidine rings is 1. The third-order valence-corrected chi connectivity index (χ3v) is 4.50. The minimum absolute atomic E-state index is 0.813. The maximum Gasteiger partial charge on any atom is 0.0102 e. The van der Waals surface area contributed by atoms with Gasteiger partial charge in [0.2, 0.25) is 0 Å². The van der Waals surface area contributed by atoms with Crippen LogP contribution in [0, 0.1) is 5.92 Å². The first-order valence-electron chi connectivity index (χ1n) is 7.35. The maximum absolute atomic E-state index is 3.46. The van der Waals surface area contributed by atoms with Crippen LogP contribution in [0.1, 0.15) is 32.1 Å². The standard InChI is InChI=1S/C14H29N3/c1-16(2)14-4-3-10-17(11-7-14)12-13-5-8-15-9-6-13/h13-15H,3-12H2,1-2H3. The van der Waals surface area contributed by atoms with Crippen molar-refractivity contribution in [1.82, 2.24) is 15.1 Å². The Labute approximate surface area is 107 Å². The Balaban J connectivity index is 1.74. The number of nitrogens with one attached hydrogen (secondary N) is 1. The second-order valence-electron chi connectivity index (χ2n) is 6.04. The molecule has 1 atom stereocenters. The summed E-state index contributed by atoms with van der Waals surface area (Å²) >= 11 is 0. The quantitative estimate of drug-likeness (QED) is 0.803. The Bertz CT molecular complexity index is 212. The van der Waals surface area contributed by atoms with Gasteiger partial charge in [0.1, 0.15) is 0 Å². The molecule has 3 heteroatoms. The molecule has 100 valence electrons. The van der Waals surface area contributed by atoms with Gasteiger partial charge in [0.05, 0.1) is 0 Å². The van der Waals surface area contributed by atoms with Crippen LogP contribution in [-0.4, -0.2) is 62.7 Å². The summed E-state index contributed by atoms with van der Waals surface area (Å²) in [6.45, 7) is 6.46. The molecule has 0 bridgehead atoms. The maximum atomic E-state index is 3.46. The van der Waals surface area contributed by atoms with Gasteiger partial charge in [0.25, 0.3) is 0 Å². The molecule has 2 aliphatic rings. The van der Waals surface area contributed by atoms with Gasteiger partial charge in [-0.25, -0.2) is 0 Å². The van der Waals surface area contributed by atoms with E-state index < -0.39 is 0 Å². The Hall–Kier alpha value is -0.120. The van der Waals surface area contributed by atoms with Crippen molar-refractivity contribution in [2.24, 2.45) is 5.92 Å². The van der Waals surface area contributed by atoms with Gasteiger partial charge < -0.3 is 15.1 Å². The number of hydrogen-bond acceptors (Lipinski definition) is 3. The number of nitrogens with zero attached hydrogens (tertiary/aromatic N) is 2. The van der Waals surface area contributed by atoms with E-state index in [2.05, 4.69) is 29.2 Å². The van der Waals surface area contributed by atoms with E-state index >= 15 is 0 Å². The molecule has 0 amide bonds. The molecular formula is C14H29N3. The average Bonchev–Trinajstić information content (AvgIpc) is 2.56. The molecule has 3 nitrogen and oxygen atoms in total. The lowest BCUT2D eigenvalue weighted by Gasteiger charge is -2.29. The fraction of sp³-hybridized carbons (Fsp3) is 1.00. The van der Waals surface area contributed by atoms with Crippen LogP contribution in [0.3, 0.4) is 0 Å². The highest BCUT2D eigenvalue weighted by molar-refractivity contribution is 4.78. The third kappa shape index (κ3) is 4.23. The van der Waals surface area contributed by atoms with Crippen molar-refractivity contribution in [3.05, 3.63) is 0 Å². The summed E-state index contributed by atoms with van der Waals surface area (Å²) in [5.74, 6) is 0.951. The molecule has 2 rings (SSSR count). The van der Waals surface area contributed by atoms with Gasteiger partial charge in [0, 0.05) is 12.6 Å². The van der Waals surface area contributed by atoms with Crippen LogP contribution in [0.4, 0.5) is 0 Å². The molecule has 0 radical (unpaired) electrons. The lowest BCUT2D eigenvalue weighted by molar-refractivity contribution is 0.204. The lowest BCUT2D eigenvalue weighted by atomic mass is 9.97. The molecule has 0 aromatic rings. The van der Waals surface area contributed by atoms with Gasteiger partial charge in [-0.2, -0.15) is 0 Å². The van der Waals surface area contributed by atoms with Crippen molar-refractivity contribution in [2.75, 3.05) is 46.8 Å². The first-order chi connectivity index (χ1) is 8.25. The minimum Gasteiger partial charge on any atom is -0.317 e. The van der Waals surface area contributed by atoms with Crippen molar-refractivity contribution in [1.29, 1.82) is 0 Å². The topological polar surface area (TPSA) is 18.5 Å². The number of hydrogen-bond donors (Lipinski definition) is 1. The van der Waals surface area contributed by atoms with E-state index in [4.69, 9.17) is 0 Å². The van der Waals surface area contributed by atoms with Crippen LogP contribution in [0.5, 0.6) is 0 Å². The van der Waals surface area contributed by atoms with Gasteiger partial charge in [-0.1, -0.05) is 0 Å². The normalized spacial score (nSPS) is 29.5. The molecule has 2 saturated heterocycles. The summed E-state index contributed by atoms with van der Waals surface area (Å²) in [4.78, 5) is 5.13. The SMILES string of the molecule is CN(C)C1CCCN(CC2CCNCC2)CC1. The molecule has 0 saturated carbocycles. The molecule has 1 unspecified atom stereocenters. The van der Waals surface area contributed by atoms with Crippen LogP contribution < -0.4 is 5.32 Å². The molecule has 0 aromatic heterocycles. The Morgan fingerprint density at radius 1 is 1.06 bits per heavy atom. The highest BCUT2D eigenvalue weighted by Gasteiger charge is 2.21. The monoisotopic (exact) mass is 239 g/mol. The summed E-state index contributed by atoms with van der Waals surface area (Å²) in [7, 11) is 4.46. The van der Waals surface area contributed by atoms with E-state index in [0.717, 1.165) is 12.0 Å². The first kappa shape index (κ1) is 13.3. The average molecular weight is 239 g/mol. The molecule has 2 fully saturated rings. The minimum atomic E-state index is 0.813. The molecule has 2 aliphatic heterocycles. The molecule has 1 N–H and O–H groups in total. The predicted molar refractivity (Wildman–Crippen MR) is 73.4 cm³/mol. The van der Waals surface area contributed by atoms with E-state index in [9.17, 15) is 0 Å².